The van der Waals surface area contributed by atoms with Crippen molar-refractivity contribution < 1.29 is 4.79 Å². The number of hydrogen-bond donors (Lipinski definition) is 1. The largest absolute Gasteiger partial charge is 0.341 e. The van der Waals surface area contributed by atoms with E-state index in [9.17, 15) is 4.79 Å². The van der Waals surface area contributed by atoms with Crippen LogP contribution in [0.25, 0.3) is 0 Å². The van der Waals surface area contributed by atoms with E-state index in [1.807, 2.05) is 11.0 Å². The van der Waals surface area contributed by atoms with Crippen molar-refractivity contribution in [2.45, 2.75) is 18.8 Å². The number of rotatable bonds is 2. The molecule has 0 radical (unpaired) electrons. The summed E-state index contributed by atoms with van der Waals surface area (Å²) in [4.78, 5) is 20.9. The van der Waals surface area contributed by atoms with E-state index in [0.29, 0.717) is 11.7 Å². The van der Waals surface area contributed by atoms with E-state index in [1.165, 1.54) is 5.56 Å². The SMILES string of the molecule is O=C(c1ncc[nH]1)N1CCC(c2ccccc2)CC1. The van der Waals surface area contributed by atoms with Gasteiger partial charge in [-0.15, -0.1) is 0 Å². The number of carbonyl (C=O) groups is 1. The number of aromatic amines is 1. The first-order chi connectivity index (χ1) is 9.34. The molecular weight excluding hydrogens is 238 g/mol. The maximum atomic E-state index is 12.1. The van der Waals surface area contributed by atoms with Crippen LogP contribution in [-0.2, 0) is 0 Å². The van der Waals surface area contributed by atoms with Crippen molar-refractivity contribution in [1.29, 1.82) is 0 Å². The fraction of sp³-hybridized carbons (Fsp3) is 0.333. The first kappa shape index (κ1) is 12.0. The van der Waals surface area contributed by atoms with Crippen LogP contribution in [0.1, 0.15) is 34.9 Å². The zero-order valence-electron chi connectivity index (χ0n) is 10.7. The highest BCUT2D eigenvalue weighted by Gasteiger charge is 2.25. The molecule has 0 saturated carbocycles. The Morgan fingerprint density at radius 3 is 2.58 bits per heavy atom. The zero-order chi connectivity index (χ0) is 13.1. The number of nitrogens with zero attached hydrogens (tertiary/aromatic N) is 2. The van der Waals surface area contributed by atoms with Gasteiger partial charge in [0.1, 0.15) is 0 Å². The summed E-state index contributed by atoms with van der Waals surface area (Å²) in [6.07, 6.45) is 5.35. The average molecular weight is 255 g/mol. The van der Waals surface area contributed by atoms with Gasteiger partial charge in [-0.05, 0) is 24.3 Å². The Hall–Kier alpha value is -2.10. The van der Waals surface area contributed by atoms with Crippen LogP contribution >= 0.6 is 0 Å². The molecule has 98 valence electrons. The second-order valence-electron chi connectivity index (χ2n) is 4.91. The number of benzene rings is 1. The summed E-state index contributed by atoms with van der Waals surface area (Å²) in [7, 11) is 0. The number of carbonyl (C=O) groups excluding carboxylic acids is 1. The molecule has 3 rings (SSSR count). The molecule has 1 N–H and O–H groups in total. The van der Waals surface area contributed by atoms with Crippen LogP contribution < -0.4 is 0 Å². The molecule has 2 aromatic rings. The lowest BCUT2D eigenvalue weighted by molar-refractivity contribution is 0.0701. The molecule has 1 amide bonds. The van der Waals surface area contributed by atoms with Gasteiger partial charge in [-0.2, -0.15) is 0 Å². The summed E-state index contributed by atoms with van der Waals surface area (Å²) in [5.74, 6) is 1.02. The van der Waals surface area contributed by atoms with Crippen LogP contribution in [-0.4, -0.2) is 33.9 Å². The molecule has 2 heterocycles. The summed E-state index contributed by atoms with van der Waals surface area (Å²) in [6, 6.07) is 10.5. The predicted molar refractivity (Wildman–Crippen MR) is 72.9 cm³/mol. The van der Waals surface area contributed by atoms with E-state index in [4.69, 9.17) is 0 Å². The van der Waals surface area contributed by atoms with Gasteiger partial charge in [-0.3, -0.25) is 4.79 Å². The Morgan fingerprint density at radius 1 is 1.21 bits per heavy atom. The number of H-pyrrole nitrogens is 1. The number of imidazole rings is 1. The van der Waals surface area contributed by atoms with Crippen molar-refractivity contribution >= 4 is 5.91 Å². The summed E-state index contributed by atoms with van der Waals surface area (Å²) >= 11 is 0. The number of nitrogens with one attached hydrogen (secondary N) is 1. The second kappa shape index (κ2) is 5.26. The minimum Gasteiger partial charge on any atom is -0.341 e. The summed E-state index contributed by atoms with van der Waals surface area (Å²) < 4.78 is 0. The molecule has 0 bridgehead atoms. The second-order valence-corrected chi connectivity index (χ2v) is 4.91. The topological polar surface area (TPSA) is 49.0 Å². The van der Waals surface area contributed by atoms with E-state index in [2.05, 4.69) is 34.2 Å². The number of likely N-dealkylation sites (tertiary alicyclic amines) is 1. The van der Waals surface area contributed by atoms with Crippen molar-refractivity contribution in [2.24, 2.45) is 0 Å². The minimum absolute atomic E-state index is 0.0107. The fourth-order valence-electron chi connectivity index (χ4n) is 2.67. The van der Waals surface area contributed by atoms with Gasteiger partial charge in [0.15, 0.2) is 5.82 Å². The van der Waals surface area contributed by atoms with Crippen LogP contribution in [0.4, 0.5) is 0 Å². The Balaban J connectivity index is 1.62. The average Bonchev–Trinajstić information content (AvgIpc) is 3.02. The smallest absolute Gasteiger partial charge is 0.289 e. The van der Waals surface area contributed by atoms with Gasteiger partial charge in [-0.1, -0.05) is 30.3 Å². The molecule has 0 atom stereocenters. The van der Waals surface area contributed by atoms with Crippen molar-refractivity contribution in [3.05, 3.63) is 54.1 Å². The summed E-state index contributed by atoms with van der Waals surface area (Å²) in [5, 5.41) is 0. The van der Waals surface area contributed by atoms with E-state index in [-0.39, 0.29) is 5.91 Å². The Morgan fingerprint density at radius 2 is 1.95 bits per heavy atom. The summed E-state index contributed by atoms with van der Waals surface area (Å²) in [5.41, 5.74) is 1.38. The molecule has 1 fully saturated rings. The normalized spacial score (nSPS) is 16.5. The Bertz CT molecular complexity index is 528. The van der Waals surface area contributed by atoms with E-state index in [1.54, 1.807) is 12.4 Å². The Labute approximate surface area is 112 Å². The molecule has 0 spiro atoms. The molecule has 1 aliphatic rings. The molecule has 4 nitrogen and oxygen atoms in total. The van der Waals surface area contributed by atoms with Crippen LogP contribution in [0.15, 0.2) is 42.7 Å². The first-order valence-electron chi connectivity index (χ1n) is 6.68. The lowest BCUT2D eigenvalue weighted by Crippen LogP contribution is -2.38. The van der Waals surface area contributed by atoms with Gasteiger partial charge in [0.25, 0.3) is 5.91 Å². The third-order valence-corrected chi connectivity index (χ3v) is 3.75. The van der Waals surface area contributed by atoms with Crippen LogP contribution in [0, 0.1) is 0 Å². The molecule has 0 unspecified atom stereocenters. The van der Waals surface area contributed by atoms with E-state index < -0.39 is 0 Å². The zero-order valence-corrected chi connectivity index (χ0v) is 10.7. The Kier molecular flexibility index (Phi) is 3.31. The van der Waals surface area contributed by atoms with Gasteiger partial charge in [-0.25, -0.2) is 4.98 Å². The highest BCUT2D eigenvalue weighted by Crippen LogP contribution is 2.28. The van der Waals surface area contributed by atoms with Gasteiger partial charge in [0.2, 0.25) is 0 Å². The number of aromatic nitrogens is 2. The lowest BCUT2D eigenvalue weighted by Gasteiger charge is -2.31. The van der Waals surface area contributed by atoms with Crippen LogP contribution in [0.5, 0.6) is 0 Å². The molecule has 4 heteroatoms. The first-order valence-corrected chi connectivity index (χ1v) is 6.68. The van der Waals surface area contributed by atoms with Gasteiger partial charge >= 0.3 is 0 Å². The third kappa shape index (κ3) is 2.52. The van der Waals surface area contributed by atoms with Gasteiger partial charge < -0.3 is 9.88 Å². The molecule has 1 aromatic heterocycles. The molecule has 1 aliphatic heterocycles. The number of amides is 1. The van der Waals surface area contributed by atoms with Crippen LogP contribution in [0.2, 0.25) is 0 Å². The maximum Gasteiger partial charge on any atom is 0.289 e. The highest BCUT2D eigenvalue weighted by molar-refractivity contribution is 5.90. The standard InChI is InChI=1S/C15H17N3O/c19-15(14-16-8-9-17-14)18-10-6-13(7-11-18)12-4-2-1-3-5-12/h1-5,8-9,13H,6-7,10-11H2,(H,16,17). The van der Waals surface area contributed by atoms with E-state index in [0.717, 1.165) is 25.9 Å². The third-order valence-electron chi connectivity index (χ3n) is 3.75. The molecule has 1 aromatic carbocycles. The van der Waals surface area contributed by atoms with Gasteiger partial charge in [0, 0.05) is 25.5 Å². The van der Waals surface area contributed by atoms with Crippen molar-refractivity contribution in [3.8, 4) is 0 Å². The molecule has 0 aliphatic carbocycles. The van der Waals surface area contributed by atoms with Crippen molar-refractivity contribution in [3.63, 3.8) is 0 Å². The monoisotopic (exact) mass is 255 g/mol. The number of piperidine rings is 1. The van der Waals surface area contributed by atoms with Crippen molar-refractivity contribution in [2.75, 3.05) is 13.1 Å². The lowest BCUT2D eigenvalue weighted by atomic mass is 9.89. The minimum atomic E-state index is 0.0107. The fourth-order valence-corrected chi connectivity index (χ4v) is 2.67. The van der Waals surface area contributed by atoms with Crippen molar-refractivity contribution in [1.82, 2.24) is 14.9 Å². The molecule has 1 saturated heterocycles. The quantitative estimate of drug-likeness (QED) is 0.896. The van der Waals surface area contributed by atoms with Crippen LogP contribution in [0.3, 0.4) is 0 Å². The van der Waals surface area contributed by atoms with E-state index >= 15 is 0 Å². The number of hydrogen-bond acceptors (Lipinski definition) is 2. The molecular formula is C15H17N3O. The summed E-state index contributed by atoms with van der Waals surface area (Å²) in [6.45, 7) is 1.61. The highest BCUT2D eigenvalue weighted by atomic mass is 16.2. The van der Waals surface area contributed by atoms with Gasteiger partial charge in [0.05, 0.1) is 0 Å². The molecule has 19 heavy (non-hydrogen) atoms. The predicted octanol–water partition coefficient (Wildman–Crippen LogP) is 2.43. The maximum absolute atomic E-state index is 12.1.